The van der Waals surface area contributed by atoms with Gasteiger partial charge in [-0.1, -0.05) is 25.3 Å². The van der Waals surface area contributed by atoms with Gasteiger partial charge in [-0.05, 0) is 25.0 Å². The Kier molecular flexibility index (Phi) is 2.67. The summed E-state index contributed by atoms with van der Waals surface area (Å²) in [6, 6.07) is 5.91. The van der Waals surface area contributed by atoms with Crippen LogP contribution in [0.15, 0.2) is 24.4 Å². The zero-order valence-corrected chi connectivity index (χ0v) is 9.80. The molecule has 1 aliphatic carbocycles. The van der Waals surface area contributed by atoms with Gasteiger partial charge in [0.05, 0.1) is 5.52 Å². The van der Waals surface area contributed by atoms with Crippen molar-refractivity contribution in [1.29, 1.82) is 0 Å². The molecule has 0 aliphatic heterocycles. The van der Waals surface area contributed by atoms with E-state index in [9.17, 15) is 4.79 Å². The molecule has 0 spiro atoms. The molecule has 0 saturated heterocycles. The minimum absolute atomic E-state index is 0.521. The topological polar surface area (TPSA) is 34.4 Å². The number of rotatable bonds is 2. The van der Waals surface area contributed by atoms with Crippen LogP contribution < -0.4 is 0 Å². The first-order valence-corrected chi connectivity index (χ1v) is 6.32. The predicted octanol–water partition coefficient (Wildman–Crippen LogP) is 3.19. The lowest BCUT2D eigenvalue weighted by Gasteiger charge is -2.20. The standard InChI is InChI=1S/C14H16N2O/c17-10-12-13-8-4-5-9-16(13)14(15-12)11-6-2-1-3-7-11/h4-5,8-11H,1-3,6-7H2. The zero-order valence-electron chi connectivity index (χ0n) is 9.80. The minimum Gasteiger partial charge on any atom is -0.303 e. The van der Waals surface area contributed by atoms with E-state index in [1.165, 1.54) is 32.1 Å². The highest BCUT2D eigenvalue weighted by Crippen LogP contribution is 2.32. The van der Waals surface area contributed by atoms with Crippen molar-refractivity contribution in [2.24, 2.45) is 0 Å². The van der Waals surface area contributed by atoms with Gasteiger partial charge in [0.1, 0.15) is 11.5 Å². The fourth-order valence-corrected chi connectivity index (χ4v) is 2.82. The van der Waals surface area contributed by atoms with Crippen molar-refractivity contribution in [1.82, 2.24) is 9.38 Å². The maximum atomic E-state index is 11.0. The van der Waals surface area contributed by atoms with E-state index in [1.54, 1.807) is 0 Å². The summed E-state index contributed by atoms with van der Waals surface area (Å²) >= 11 is 0. The van der Waals surface area contributed by atoms with E-state index in [0.717, 1.165) is 17.6 Å². The van der Waals surface area contributed by atoms with Crippen LogP contribution in [0.2, 0.25) is 0 Å². The minimum atomic E-state index is 0.521. The largest absolute Gasteiger partial charge is 0.303 e. The van der Waals surface area contributed by atoms with Gasteiger partial charge >= 0.3 is 0 Å². The molecule has 3 heteroatoms. The Balaban J connectivity index is 2.11. The predicted molar refractivity (Wildman–Crippen MR) is 66.4 cm³/mol. The molecule has 0 atom stereocenters. The Morgan fingerprint density at radius 1 is 1.24 bits per heavy atom. The van der Waals surface area contributed by atoms with Crippen LogP contribution >= 0.6 is 0 Å². The average molecular weight is 228 g/mol. The van der Waals surface area contributed by atoms with Gasteiger partial charge in [-0.25, -0.2) is 4.98 Å². The maximum absolute atomic E-state index is 11.0. The van der Waals surface area contributed by atoms with Crippen molar-refractivity contribution in [3.63, 3.8) is 0 Å². The SMILES string of the molecule is O=Cc1nc(C2CCCCC2)n2ccccc12. The number of carbonyl (C=O) groups excluding carboxylic acids is 1. The van der Waals surface area contributed by atoms with Gasteiger partial charge in [-0.2, -0.15) is 0 Å². The van der Waals surface area contributed by atoms with Crippen LogP contribution in [0.25, 0.3) is 5.52 Å². The Morgan fingerprint density at radius 3 is 2.82 bits per heavy atom. The third-order valence-corrected chi connectivity index (χ3v) is 3.69. The van der Waals surface area contributed by atoms with E-state index in [0.29, 0.717) is 11.6 Å². The first-order valence-electron chi connectivity index (χ1n) is 6.32. The monoisotopic (exact) mass is 228 g/mol. The molecule has 1 fully saturated rings. The summed E-state index contributed by atoms with van der Waals surface area (Å²) in [5, 5.41) is 0. The highest BCUT2D eigenvalue weighted by molar-refractivity contribution is 5.83. The molecule has 0 N–H and O–H groups in total. The number of imidazole rings is 1. The molecule has 0 aromatic carbocycles. The third-order valence-electron chi connectivity index (χ3n) is 3.69. The molecule has 3 nitrogen and oxygen atoms in total. The number of aldehydes is 1. The molecular weight excluding hydrogens is 212 g/mol. The number of pyridine rings is 1. The molecule has 88 valence electrons. The summed E-state index contributed by atoms with van der Waals surface area (Å²) in [6.45, 7) is 0. The lowest BCUT2D eigenvalue weighted by Crippen LogP contribution is -2.08. The van der Waals surface area contributed by atoms with Crippen molar-refractivity contribution in [3.05, 3.63) is 35.9 Å². The Bertz CT molecular complexity index is 538. The molecule has 2 aromatic heterocycles. The summed E-state index contributed by atoms with van der Waals surface area (Å²) in [4.78, 5) is 15.6. The zero-order chi connectivity index (χ0) is 11.7. The van der Waals surface area contributed by atoms with Crippen LogP contribution in [0.5, 0.6) is 0 Å². The highest BCUT2D eigenvalue weighted by atomic mass is 16.1. The van der Waals surface area contributed by atoms with E-state index in [1.807, 2.05) is 24.4 Å². The number of carbonyl (C=O) groups is 1. The molecule has 2 aromatic rings. The van der Waals surface area contributed by atoms with Crippen molar-refractivity contribution in [3.8, 4) is 0 Å². The molecule has 17 heavy (non-hydrogen) atoms. The molecule has 1 aliphatic rings. The van der Waals surface area contributed by atoms with E-state index in [2.05, 4.69) is 9.38 Å². The van der Waals surface area contributed by atoms with E-state index < -0.39 is 0 Å². The van der Waals surface area contributed by atoms with Crippen LogP contribution in [-0.4, -0.2) is 15.7 Å². The molecular formula is C14H16N2O. The van der Waals surface area contributed by atoms with Gasteiger partial charge < -0.3 is 4.40 Å². The van der Waals surface area contributed by atoms with Gasteiger partial charge in [0.25, 0.3) is 0 Å². The molecule has 2 heterocycles. The lowest BCUT2D eigenvalue weighted by atomic mass is 9.89. The van der Waals surface area contributed by atoms with E-state index in [4.69, 9.17) is 0 Å². The number of hydrogen-bond acceptors (Lipinski definition) is 2. The number of nitrogens with zero attached hydrogens (tertiary/aromatic N) is 2. The van der Waals surface area contributed by atoms with Gasteiger partial charge in [0.15, 0.2) is 6.29 Å². The van der Waals surface area contributed by atoms with Gasteiger partial charge in [0.2, 0.25) is 0 Å². The van der Waals surface area contributed by atoms with E-state index in [-0.39, 0.29) is 0 Å². The van der Waals surface area contributed by atoms with Gasteiger partial charge in [0, 0.05) is 12.1 Å². The average Bonchev–Trinajstić information content (AvgIpc) is 2.78. The molecule has 0 bridgehead atoms. The quantitative estimate of drug-likeness (QED) is 0.740. The maximum Gasteiger partial charge on any atom is 0.170 e. The van der Waals surface area contributed by atoms with Crippen molar-refractivity contribution >= 4 is 11.8 Å². The summed E-state index contributed by atoms with van der Waals surface area (Å²) in [7, 11) is 0. The third kappa shape index (κ3) is 1.75. The van der Waals surface area contributed by atoms with Gasteiger partial charge in [-0.3, -0.25) is 4.79 Å². The molecule has 0 amide bonds. The smallest absolute Gasteiger partial charge is 0.170 e. The van der Waals surface area contributed by atoms with E-state index >= 15 is 0 Å². The summed E-state index contributed by atoms with van der Waals surface area (Å²) < 4.78 is 2.08. The van der Waals surface area contributed by atoms with Crippen molar-refractivity contribution in [2.45, 2.75) is 38.0 Å². The highest BCUT2D eigenvalue weighted by Gasteiger charge is 2.21. The molecule has 1 saturated carbocycles. The van der Waals surface area contributed by atoms with Crippen LogP contribution in [0.3, 0.4) is 0 Å². The van der Waals surface area contributed by atoms with Crippen LogP contribution in [0.4, 0.5) is 0 Å². The second-order valence-electron chi connectivity index (χ2n) is 4.76. The van der Waals surface area contributed by atoms with Gasteiger partial charge in [-0.15, -0.1) is 0 Å². The summed E-state index contributed by atoms with van der Waals surface area (Å²) in [6.07, 6.45) is 9.17. The van der Waals surface area contributed by atoms with Crippen molar-refractivity contribution in [2.75, 3.05) is 0 Å². The molecule has 3 rings (SSSR count). The first kappa shape index (κ1) is 10.5. The fourth-order valence-electron chi connectivity index (χ4n) is 2.82. The van der Waals surface area contributed by atoms with Crippen molar-refractivity contribution < 1.29 is 4.79 Å². The number of aromatic nitrogens is 2. The second-order valence-corrected chi connectivity index (χ2v) is 4.76. The fraction of sp³-hybridized carbons (Fsp3) is 0.429. The summed E-state index contributed by atoms with van der Waals surface area (Å²) in [5.41, 5.74) is 1.51. The number of fused-ring (bicyclic) bond motifs is 1. The molecule has 0 unspecified atom stereocenters. The first-order chi connectivity index (χ1) is 8.40. The Hall–Kier alpha value is -1.64. The lowest BCUT2D eigenvalue weighted by molar-refractivity contribution is 0.112. The Labute approximate surface area is 100 Å². The summed E-state index contributed by atoms with van der Waals surface area (Å²) in [5.74, 6) is 1.59. The second kappa shape index (κ2) is 4.32. The normalized spacial score (nSPS) is 17.4. The van der Waals surface area contributed by atoms with Crippen LogP contribution in [-0.2, 0) is 0 Å². The van der Waals surface area contributed by atoms with Crippen LogP contribution in [0, 0.1) is 0 Å². The molecule has 0 radical (unpaired) electrons. The number of hydrogen-bond donors (Lipinski definition) is 0. The van der Waals surface area contributed by atoms with Crippen LogP contribution in [0.1, 0.15) is 54.3 Å². The Morgan fingerprint density at radius 2 is 2.06 bits per heavy atom.